The maximum atomic E-state index is 2.62. The van der Waals surface area contributed by atoms with Crippen LogP contribution in [0.15, 0.2) is 181 Å². The summed E-state index contributed by atoms with van der Waals surface area (Å²) >= 11 is 0. The Morgan fingerprint density at radius 3 is 1.85 bits per heavy atom. The molecule has 6 aliphatic rings. The van der Waals surface area contributed by atoms with Crippen molar-refractivity contribution in [1.29, 1.82) is 0 Å². The molecule has 7 aromatic rings. The number of rotatable bonds is 6. The summed E-state index contributed by atoms with van der Waals surface area (Å²) < 4.78 is 0. The zero-order chi connectivity index (χ0) is 44.5. The van der Waals surface area contributed by atoms with E-state index < -0.39 is 0 Å². The second-order valence-corrected chi connectivity index (χ2v) is 21.1. The number of anilines is 6. The summed E-state index contributed by atoms with van der Waals surface area (Å²) in [6.45, 7) is 12.2. The number of hydrogen-bond acceptors (Lipinski definition) is 2. The predicted octanol–water partition coefficient (Wildman–Crippen LogP) is 17.7. The molecule has 2 heteroatoms. The number of benzene rings is 7. The molecular weight excluding hydrogens is 797 g/mol. The third-order valence-corrected chi connectivity index (χ3v) is 16.9. The maximum Gasteiger partial charge on any atom is 0.0621 e. The lowest BCUT2D eigenvalue weighted by Gasteiger charge is -2.33. The molecule has 324 valence electrons. The van der Waals surface area contributed by atoms with Crippen molar-refractivity contribution < 1.29 is 0 Å². The minimum Gasteiger partial charge on any atom is -0.310 e. The molecule has 0 aliphatic heterocycles. The van der Waals surface area contributed by atoms with Gasteiger partial charge in [-0.1, -0.05) is 151 Å². The van der Waals surface area contributed by atoms with Crippen LogP contribution in [0.1, 0.15) is 113 Å². The Balaban J connectivity index is 1.03. The molecule has 0 amide bonds. The van der Waals surface area contributed by atoms with Crippen molar-refractivity contribution in [3.05, 3.63) is 214 Å². The zero-order valence-electron chi connectivity index (χ0n) is 39.1. The topological polar surface area (TPSA) is 6.48 Å². The van der Waals surface area contributed by atoms with E-state index in [9.17, 15) is 0 Å². The summed E-state index contributed by atoms with van der Waals surface area (Å²) in [4.78, 5) is 5.14. The average molecular weight is 855 g/mol. The van der Waals surface area contributed by atoms with E-state index in [1.54, 1.807) is 5.57 Å². The number of nitrogens with zero attached hydrogens (tertiary/aromatic N) is 2. The van der Waals surface area contributed by atoms with Crippen molar-refractivity contribution in [2.75, 3.05) is 9.80 Å². The van der Waals surface area contributed by atoms with Gasteiger partial charge >= 0.3 is 0 Å². The highest BCUT2D eigenvalue weighted by atomic mass is 15.2. The van der Waals surface area contributed by atoms with Gasteiger partial charge in [0.25, 0.3) is 0 Å². The second-order valence-electron chi connectivity index (χ2n) is 21.1. The van der Waals surface area contributed by atoms with Crippen LogP contribution in [0.25, 0.3) is 33.0 Å². The first kappa shape index (κ1) is 39.7. The normalized spacial score (nSPS) is 19.7. The Morgan fingerprint density at radius 1 is 0.515 bits per heavy atom. The SMILES string of the molecule is C[C@H]1CC=CC2=C1C(C)(C)c1cc(N(c3ccccc3)c3c4c(cc5ccccc35)C3(CCCC3)c3cc(N(c5ccccc5)c5ccc6c(c5)C(C)(C)C5=C6CCC=C5)ccc3-4)ccc12. The predicted molar refractivity (Wildman–Crippen MR) is 279 cm³/mol. The van der Waals surface area contributed by atoms with E-state index in [-0.39, 0.29) is 16.2 Å². The van der Waals surface area contributed by atoms with Crippen molar-refractivity contribution in [2.24, 2.45) is 5.92 Å². The lowest BCUT2D eigenvalue weighted by atomic mass is 9.74. The van der Waals surface area contributed by atoms with Crippen LogP contribution >= 0.6 is 0 Å². The van der Waals surface area contributed by atoms with Gasteiger partial charge in [-0.3, -0.25) is 0 Å². The Kier molecular flexibility index (Phi) is 8.68. The molecule has 0 unspecified atom stereocenters. The molecule has 0 aromatic heterocycles. The molecule has 1 fully saturated rings. The fraction of sp³-hybridized carbons (Fsp3) is 0.250. The molecule has 2 nitrogen and oxygen atoms in total. The van der Waals surface area contributed by atoms with E-state index >= 15 is 0 Å². The van der Waals surface area contributed by atoms with Gasteiger partial charge in [-0.2, -0.15) is 0 Å². The van der Waals surface area contributed by atoms with Crippen LogP contribution in [0.2, 0.25) is 0 Å². The van der Waals surface area contributed by atoms with Gasteiger partial charge in [-0.15, -0.1) is 0 Å². The van der Waals surface area contributed by atoms with Crippen molar-refractivity contribution in [1.82, 2.24) is 0 Å². The maximum absolute atomic E-state index is 2.62. The quantitative estimate of drug-likeness (QED) is 0.164. The Bertz CT molecular complexity index is 3290. The molecule has 0 radical (unpaired) electrons. The van der Waals surface area contributed by atoms with E-state index in [1.807, 2.05) is 0 Å². The molecular formula is C64H58N2. The van der Waals surface area contributed by atoms with Crippen LogP contribution in [0.5, 0.6) is 0 Å². The zero-order valence-corrected chi connectivity index (χ0v) is 39.1. The highest BCUT2D eigenvalue weighted by Gasteiger charge is 2.48. The number of allylic oxidation sites excluding steroid dienone is 8. The van der Waals surface area contributed by atoms with E-state index in [0.717, 1.165) is 32.1 Å². The molecule has 7 aromatic carbocycles. The van der Waals surface area contributed by atoms with E-state index in [0.29, 0.717) is 5.92 Å². The minimum atomic E-state index is -0.0786. The van der Waals surface area contributed by atoms with E-state index in [1.165, 1.54) is 119 Å². The Labute approximate surface area is 391 Å². The summed E-state index contributed by atoms with van der Waals surface area (Å²) in [5, 5.41) is 2.60. The molecule has 1 spiro atoms. The molecule has 1 saturated carbocycles. The van der Waals surface area contributed by atoms with Gasteiger partial charge < -0.3 is 9.80 Å². The van der Waals surface area contributed by atoms with Crippen LogP contribution < -0.4 is 9.80 Å². The van der Waals surface area contributed by atoms with Gasteiger partial charge in [-0.05, 0) is 171 Å². The number of fused-ring (bicyclic) bond motifs is 10. The largest absolute Gasteiger partial charge is 0.310 e. The van der Waals surface area contributed by atoms with Crippen molar-refractivity contribution in [3.8, 4) is 11.1 Å². The van der Waals surface area contributed by atoms with Crippen molar-refractivity contribution in [2.45, 2.75) is 95.8 Å². The first-order valence-electron chi connectivity index (χ1n) is 24.7. The van der Waals surface area contributed by atoms with Gasteiger partial charge in [0.1, 0.15) is 0 Å². The summed E-state index contributed by atoms with van der Waals surface area (Å²) in [6.07, 6.45) is 17.7. The van der Waals surface area contributed by atoms with Gasteiger partial charge in [0.05, 0.1) is 5.69 Å². The monoisotopic (exact) mass is 854 g/mol. The summed E-state index contributed by atoms with van der Waals surface area (Å²) in [5.74, 6) is 0.526. The van der Waals surface area contributed by atoms with Gasteiger partial charge in [0.2, 0.25) is 0 Å². The average Bonchev–Trinajstić information content (AvgIpc) is 4.06. The van der Waals surface area contributed by atoms with Crippen LogP contribution in [0.4, 0.5) is 34.1 Å². The van der Waals surface area contributed by atoms with Crippen molar-refractivity contribution >= 4 is 56.0 Å². The molecule has 1 atom stereocenters. The summed E-state index contributed by atoms with van der Waals surface area (Å²) in [6, 6.07) is 56.2. The molecule has 13 rings (SSSR count). The van der Waals surface area contributed by atoms with Crippen LogP contribution in [0.3, 0.4) is 0 Å². The third kappa shape index (κ3) is 5.54. The lowest BCUT2D eigenvalue weighted by Crippen LogP contribution is -2.23. The second kappa shape index (κ2) is 14.4. The molecule has 6 aliphatic carbocycles. The third-order valence-electron chi connectivity index (χ3n) is 16.9. The Morgan fingerprint density at radius 2 is 1.12 bits per heavy atom. The summed E-state index contributed by atoms with van der Waals surface area (Å²) in [7, 11) is 0. The number of hydrogen-bond donors (Lipinski definition) is 0. The van der Waals surface area contributed by atoms with E-state index in [2.05, 4.69) is 214 Å². The van der Waals surface area contributed by atoms with Crippen LogP contribution in [0, 0.1) is 5.92 Å². The van der Waals surface area contributed by atoms with Crippen molar-refractivity contribution in [3.63, 3.8) is 0 Å². The lowest BCUT2D eigenvalue weighted by molar-refractivity contribution is 0.530. The van der Waals surface area contributed by atoms with Crippen LogP contribution in [-0.4, -0.2) is 0 Å². The highest BCUT2D eigenvalue weighted by molar-refractivity contribution is 6.10. The van der Waals surface area contributed by atoms with Gasteiger partial charge in [0.15, 0.2) is 0 Å². The van der Waals surface area contributed by atoms with E-state index in [4.69, 9.17) is 0 Å². The molecule has 0 bridgehead atoms. The molecule has 0 saturated heterocycles. The molecule has 0 N–H and O–H groups in total. The smallest absolute Gasteiger partial charge is 0.0621 e. The fourth-order valence-electron chi connectivity index (χ4n) is 13.9. The fourth-order valence-corrected chi connectivity index (χ4v) is 13.9. The minimum absolute atomic E-state index is 0.0452. The Hall–Kier alpha value is -6.64. The summed E-state index contributed by atoms with van der Waals surface area (Å²) in [5.41, 5.74) is 24.6. The molecule has 66 heavy (non-hydrogen) atoms. The van der Waals surface area contributed by atoms with Crippen LogP contribution in [-0.2, 0) is 16.2 Å². The van der Waals surface area contributed by atoms with Gasteiger partial charge in [0, 0.05) is 55.6 Å². The first-order chi connectivity index (χ1) is 32.1. The molecule has 0 heterocycles. The standard InChI is InChI=1S/C64H58N2/c1-41-19-18-27-52-51-33-30-47(39-56(51)63(4,5)60(41)52)66(44-23-10-7-11-24-44)61-48-25-13-12-20-42(48)37-58-59(61)53-34-31-46(40-57(53)64(58)35-16-17-36-64)65(43-21-8-6-9-22-43)45-29-32-50-49-26-14-15-28-54(49)62(2,3)55(50)38-45/h6-13,15,18,20-25,27-34,37-41H,14,16-17,19,26,35-36H2,1-5H3/t41-/m0/s1. The van der Waals surface area contributed by atoms with Gasteiger partial charge in [-0.25, -0.2) is 0 Å². The first-order valence-corrected chi connectivity index (χ1v) is 24.7. The highest BCUT2D eigenvalue weighted by Crippen LogP contribution is 2.63. The number of para-hydroxylation sites is 2.